The molecule has 2 nitrogen and oxygen atoms in total. The number of aliphatic hydroxyl groups is 1. The molecule has 0 aliphatic heterocycles. The lowest BCUT2D eigenvalue weighted by molar-refractivity contribution is -0.136. The predicted molar refractivity (Wildman–Crippen MR) is 64.5 cm³/mol. The minimum atomic E-state index is -0.536. The highest BCUT2D eigenvalue weighted by Crippen LogP contribution is 2.37. The maximum atomic E-state index is 10.3. The van der Waals surface area contributed by atoms with Crippen molar-refractivity contribution >= 4 is 0 Å². The van der Waals surface area contributed by atoms with Crippen molar-refractivity contribution in [2.75, 3.05) is 6.61 Å². The average Bonchev–Trinajstić information content (AvgIpc) is 2.20. The van der Waals surface area contributed by atoms with Crippen molar-refractivity contribution in [2.45, 2.75) is 44.8 Å². The number of hydrogen-bond donors (Lipinski definition) is 1. The summed E-state index contributed by atoms with van der Waals surface area (Å²) in [6.45, 7) is 4.83. The third-order valence-corrected chi connectivity index (χ3v) is 3.40. The van der Waals surface area contributed by atoms with Crippen molar-refractivity contribution in [3.63, 3.8) is 0 Å². The number of ether oxygens (including phenoxy) is 1. The molecule has 16 heavy (non-hydrogen) atoms. The van der Waals surface area contributed by atoms with Crippen molar-refractivity contribution in [3.05, 3.63) is 35.4 Å². The van der Waals surface area contributed by atoms with Crippen LogP contribution in [0.3, 0.4) is 0 Å². The van der Waals surface area contributed by atoms with Gasteiger partial charge in [0.2, 0.25) is 0 Å². The topological polar surface area (TPSA) is 29.5 Å². The van der Waals surface area contributed by atoms with Gasteiger partial charge < -0.3 is 9.84 Å². The first-order valence-corrected chi connectivity index (χ1v) is 6.01. The maximum absolute atomic E-state index is 10.3. The number of aryl methyl sites for hydroxylation is 1. The zero-order chi connectivity index (χ0) is 11.6. The monoisotopic (exact) mass is 220 g/mol. The highest BCUT2D eigenvalue weighted by Gasteiger charge is 2.43. The van der Waals surface area contributed by atoms with E-state index >= 15 is 0 Å². The molecular weight excluding hydrogens is 200 g/mol. The molecule has 1 aliphatic carbocycles. The van der Waals surface area contributed by atoms with E-state index in [1.165, 1.54) is 11.1 Å². The molecule has 1 N–H and O–H groups in total. The summed E-state index contributed by atoms with van der Waals surface area (Å²) in [5.74, 6) is 0. The van der Waals surface area contributed by atoms with E-state index in [1.54, 1.807) is 0 Å². The van der Waals surface area contributed by atoms with Crippen LogP contribution in [0.4, 0.5) is 0 Å². The minimum absolute atomic E-state index is 0.263. The molecule has 0 unspecified atom stereocenters. The van der Waals surface area contributed by atoms with E-state index in [0.29, 0.717) is 0 Å². The standard InChI is InChI=1S/C14H20O2/c1-3-16-13-9-14(15,10-13)8-12-7-5-4-6-11(12)2/h4-7,13,15H,3,8-10H2,1-2H3. The Morgan fingerprint density at radius 1 is 1.38 bits per heavy atom. The van der Waals surface area contributed by atoms with E-state index in [0.717, 1.165) is 25.9 Å². The minimum Gasteiger partial charge on any atom is -0.389 e. The van der Waals surface area contributed by atoms with Crippen LogP contribution in [0, 0.1) is 6.92 Å². The molecule has 1 fully saturated rings. The highest BCUT2D eigenvalue weighted by atomic mass is 16.5. The second kappa shape index (κ2) is 4.56. The molecule has 1 saturated carbocycles. The summed E-state index contributed by atoms with van der Waals surface area (Å²) < 4.78 is 5.48. The molecule has 88 valence electrons. The molecule has 0 aromatic heterocycles. The molecule has 0 amide bonds. The van der Waals surface area contributed by atoms with Crippen LogP contribution >= 0.6 is 0 Å². The van der Waals surface area contributed by atoms with Crippen LogP contribution in [-0.2, 0) is 11.2 Å². The Morgan fingerprint density at radius 2 is 2.06 bits per heavy atom. The fraction of sp³-hybridized carbons (Fsp3) is 0.571. The third-order valence-electron chi connectivity index (χ3n) is 3.40. The van der Waals surface area contributed by atoms with Crippen LogP contribution < -0.4 is 0 Å². The van der Waals surface area contributed by atoms with Gasteiger partial charge in [-0.3, -0.25) is 0 Å². The summed E-state index contributed by atoms with van der Waals surface area (Å²) >= 11 is 0. The van der Waals surface area contributed by atoms with Gasteiger partial charge in [-0.15, -0.1) is 0 Å². The molecule has 1 aliphatic rings. The molecule has 0 spiro atoms. The van der Waals surface area contributed by atoms with Crippen LogP contribution in [0.15, 0.2) is 24.3 Å². The van der Waals surface area contributed by atoms with Crippen LogP contribution in [0.5, 0.6) is 0 Å². The summed E-state index contributed by atoms with van der Waals surface area (Å²) in [6, 6.07) is 8.26. The van der Waals surface area contributed by atoms with E-state index < -0.39 is 5.60 Å². The van der Waals surface area contributed by atoms with E-state index in [4.69, 9.17) is 4.74 Å². The molecule has 2 heteroatoms. The van der Waals surface area contributed by atoms with Gasteiger partial charge in [0, 0.05) is 25.9 Å². The first-order chi connectivity index (χ1) is 7.63. The predicted octanol–water partition coefficient (Wildman–Crippen LogP) is 2.47. The zero-order valence-corrected chi connectivity index (χ0v) is 10.1. The Bertz CT molecular complexity index is 354. The highest BCUT2D eigenvalue weighted by molar-refractivity contribution is 5.27. The van der Waals surface area contributed by atoms with Crippen molar-refractivity contribution in [3.8, 4) is 0 Å². The zero-order valence-electron chi connectivity index (χ0n) is 10.1. The Hall–Kier alpha value is -0.860. The first kappa shape index (κ1) is 11.6. The third kappa shape index (κ3) is 2.45. The Morgan fingerprint density at radius 3 is 2.69 bits per heavy atom. The number of rotatable bonds is 4. The first-order valence-electron chi connectivity index (χ1n) is 6.01. The van der Waals surface area contributed by atoms with Gasteiger partial charge in [-0.25, -0.2) is 0 Å². The second-order valence-corrected chi connectivity index (χ2v) is 4.81. The molecule has 0 heterocycles. The van der Waals surface area contributed by atoms with E-state index in [-0.39, 0.29) is 6.10 Å². The molecule has 0 radical (unpaired) electrons. The SMILES string of the molecule is CCOC1CC(O)(Cc2ccccc2C)C1. The number of hydrogen-bond acceptors (Lipinski definition) is 2. The fourth-order valence-corrected chi connectivity index (χ4v) is 2.45. The fourth-order valence-electron chi connectivity index (χ4n) is 2.45. The van der Waals surface area contributed by atoms with E-state index in [9.17, 15) is 5.11 Å². The molecule has 2 rings (SSSR count). The average molecular weight is 220 g/mol. The Balaban J connectivity index is 1.94. The van der Waals surface area contributed by atoms with Gasteiger partial charge >= 0.3 is 0 Å². The Labute approximate surface area is 97.3 Å². The molecule has 0 atom stereocenters. The van der Waals surface area contributed by atoms with Gasteiger partial charge in [-0.1, -0.05) is 24.3 Å². The van der Waals surface area contributed by atoms with Gasteiger partial charge in [-0.2, -0.15) is 0 Å². The lowest BCUT2D eigenvalue weighted by atomic mass is 9.73. The lowest BCUT2D eigenvalue weighted by Gasteiger charge is -2.43. The largest absolute Gasteiger partial charge is 0.389 e. The van der Waals surface area contributed by atoms with Crippen molar-refractivity contribution in [2.24, 2.45) is 0 Å². The normalized spacial score (nSPS) is 28.8. The van der Waals surface area contributed by atoms with Crippen molar-refractivity contribution < 1.29 is 9.84 Å². The Kier molecular flexibility index (Phi) is 3.31. The lowest BCUT2D eigenvalue weighted by Crippen LogP contribution is -2.50. The molecular formula is C14H20O2. The van der Waals surface area contributed by atoms with Crippen molar-refractivity contribution in [1.82, 2.24) is 0 Å². The van der Waals surface area contributed by atoms with Crippen molar-refractivity contribution in [1.29, 1.82) is 0 Å². The molecule has 0 bridgehead atoms. The van der Waals surface area contributed by atoms with Gasteiger partial charge in [0.25, 0.3) is 0 Å². The van der Waals surface area contributed by atoms with Gasteiger partial charge in [0.05, 0.1) is 11.7 Å². The second-order valence-electron chi connectivity index (χ2n) is 4.81. The summed E-state index contributed by atoms with van der Waals surface area (Å²) in [5, 5.41) is 10.3. The van der Waals surface area contributed by atoms with Crippen LogP contribution in [0.1, 0.15) is 30.9 Å². The van der Waals surface area contributed by atoms with Crippen LogP contribution in [-0.4, -0.2) is 23.4 Å². The van der Waals surface area contributed by atoms with E-state index in [2.05, 4.69) is 19.1 Å². The summed E-state index contributed by atoms with van der Waals surface area (Å²) in [7, 11) is 0. The smallest absolute Gasteiger partial charge is 0.0737 e. The summed E-state index contributed by atoms with van der Waals surface area (Å²) in [4.78, 5) is 0. The number of benzene rings is 1. The van der Waals surface area contributed by atoms with Gasteiger partial charge in [0.15, 0.2) is 0 Å². The van der Waals surface area contributed by atoms with Gasteiger partial charge in [-0.05, 0) is 25.0 Å². The molecule has 1 aromatic rings. The summed E-state index contributed by atoms with van der Waals surface area (Å²) in [6.07, 6.45) is 2.56. The molecule has 1 aromatic carbocycles. The maximum Gasteiger partial charge on any atom is 0.0737 e. The van der Waals surface area contributed by atoms with E-state index in [1.807, 2.05) is 19.1 Å². The summed E-state index contributed by atoms with van der Waals surface area (Å²) in [5.41, 5.74) is 1.97. The van der Waals surface area contributed by atoms with Crippen LogP contribution in [0.25, 0.3) is 0 Å². The molecule has 0 saturated heterocycles. The quantitative estimate of drug-likeness (QED) is 0.844. The van der Waals surface area contributed by atoms with Crippen LogP contribution in [0.2, 0.25) is 0 Å². The van der Waals surface area contributed by atoms with Gasteiger partial charge in [0.1, 0.15) is 0 Å².